The molecule has 0 fully saturated rings. The lowest BCUT2D eigenvalue weighted by Crippen LogP contribution is -2.31. The molecule has 2 aromatic rings. The average Bonchev–Trinajstić information content (AvgIpc) is 2.90. The highest BCUT2D eigenvalue weighted by molar-refractivity contribution is 6.30. The van der Waals surface area contributed by atoms with E-state index in [1.165, 1.54) is 23.2 Å². The van der Waals surface area contributed by atoms with Crippen LogP contribution in [-0.4, -0.2) is 34.0 Å². The van der Waals surface area contributed by atoms with Crippen molar-refractivity contribution in [3.05, 3.63) is 47.3 Å². The van der Waals surface area contributed by atoms with E-state index in [9.17, 15) is 18.0 Å². The molecule has 0 aliphatic carbocycles. The maximum absolute atomic E-state index is 13.5. The van der Waals surface area contributed by atoms with Gasteiger partial charge in [0.1, 0.15) is 11.6 Å². The standard InChI is InChI=1S/C14H14ClF3N4O/c1-21(7-12-19-4-5-22(12)14(17)18)8-13(23)20-11-6-9(15)2-3-10(11)16/h2-6,14H,7-8H2,1H3,(H,20,23). The van der Waals surface area contributed by atoms with Gasteiger partial charge in [0, 0.05) is 17.4 Å². The van der Waals surface area contributed by atoms with Gasteiger partial charge in [0.25, 0.3) is 0 Å². The minimum Gasteiger partial charge on any atom is -0.322 e. The molecule has 0 atom stereocenters. The molecule has 5 nitrogen and oxygen atoms in total. The number of rotatable bonds is 6. The van der Waals surface area contributed by atoms with Crippen LogP contribution in [0.25, 0.3) is 0 Å². The van der Waals surface area contributed by atoms with Crippen LogP contribution in [0.3, 0.4) is 0 Å². The molecule has 0 saturated carbocycles. The predicted molar refractivity (Wildman–Crippen MR) is 79.9 cm³/mol. The summed E-state index contributed by atoms with van der Waals surface area (Å²) in [5, 5.41) is 2.67. The summed E-state index contributed by atoms with van der Waals surface area (Å²) >= 11 is 5.74. The fraction of sp³-hybridized carbons (Fsp3) is 0.286. The van der Waals surface area contributed by atoms with Gasteiger partial charge in [0.15, 0.2) is 0 Å². The molecule has 0 radical (unpaired) electrons. The number of nitrogens with zero attached hydrogens (tertiary/aromatic N) is 3. The molecule has 124 valence electrons. The summed E-state index contributed by atoms with van der Waals surface area (Å²) in [6, 6.07) is 3.79. The first kappa shape index (κ1) is 17.3. The number of amides is 1. The van der Waals surface area contributed by atoms with Crippen LogP contribution in [0.5, 0.6) is 0 Å². The van der Waals surface area contributed by atoms with E-state index in [1.54, 1.807) is 7.05 Å². The summed E-state index contributed by atoms with van der Waals surface area (Å²) in [5.74, 6) is -0.980. The van der Waals surface area contributed by atoms with Crippen molar-refractivity contribution in [2.24, 2.45) is 0 Å². The van der Waals surface area contributed by atoms with Gasteiger partial charge in [-0.05, 0) is 25.2 Å². The molecule has 1 N–H and O–H groups in total. The van der Waals surface area contributed by atoms with Gasteiger partial charge in [-0.1, -0.05) is 11.6 Å². The largest absolute Gasteiger partial charge is 0.322 e. The lowest BCUT2D eigenvalue weighted by molar-refractivity contribution is -0.117. The fourth-order valence-corrected chi connectivity index (χ4v) is 2.14. The second-order valence-corrected chi connectivity index (χ2v) is 5.31. The monoisotopic (exact) mass is 346 g/mol. The molecule has 2 rings (SSSR count). The van der Waals surface area contributed by atoms with Crippen molar-refractivity contribution in [1.82, 2.24) is 14.5 Å². The lowest BCUT2D eigenvalue weighted by Gasteiger charge is -2.17. The molecule has 0 unspecified atom stereocenters. The number of halogens is 4. The van der Waals surface area contributed by atoms with E-state index in [0.717, 1.165) is 12.3 Å². The number of anilines is 1. The maximum Gasteiger partial charge on any atom is 0.319 e. The molecule has 1 aromatic carbocycles. The average molecular weight is 347 g/mol. The van der Waals surface area contributed by atoms with Crippen molar-refractivity contribution in [3.63, 3.8) is 0 Å². The Morgan fingerprint density at radius 3 is 2.91 bits per heavy atom. The molecule has 23 heavy (non-hydrogen) atoms. The third-order valence-corrected chi connectivity index (χ3v) is 3.22. The highest BCUT2D eigenvalue weighted by Gasteiger charge is 2.15. The Morgan fingerprint density at radius 2 is 2.22 bits per heavy atom. The molecule has 9 heteroatoms. The number of benzene rings is 1. The van der Waals surface area contributed by atoms with E-state index in [2.05, 4.69) is 10.3 Å². The topological polar surface area (TPSA) is 50.2 Å². The van der Waals surface area contributed by atoms with Crippen LogP contribution >= 0.6 is 11.6 Å². The molecule has 0 bridgehead atoms. The number of carbonyl (C=O) groups is 1. The van der Waals surface area contributed by atoms with Crippen LogP contribution < -0.4 is 5.32 Å². The van der Waals surface area contributed by atoms with E-state index < -0.39 is 18.3 Å². The second kappa shape index (κ2) is 7.47. The van der Waals surface area contributed by atoms with Gasteiger partial charge >= 0.3 is 6.55 Å². The molecule has 1 aromatic heterocycles. The van der Waals surface area contributed by atoms with Gasteiger partial charge in [-0.3, -0.25) is 14.3 Å². The number of likely N-dealkylation sites (N-methyl/N-ethyl adjacent to an activating group) is 1. The minimum absolute atomic E-state index is 0.0371. The SMILES string of the molecule is CN(CC(=O)Nc1cc(Cl)ccc1F)Cc1nccn1C(F)F. The number of nitrogens with one attached hydrogen (secondary N) is 1. The second-order valence-electron chi connectivity index (χ2n) is 4.87. The molecule has 0 aliphatic heterocycles. The first-order valence-electron chi connectivity index (χ1n) is 6.60. The fourth-order valence-electron chi connectivity index (χ4n) is 1.97. The zero-order chi connectivity index (χ0) is 17.0. The van der Waals surface area contributed by atoms with Crippen LogP contribution in [0.2, 0.25) is 5.02 Å². The van der Waals surface area contributed by atoms with Crippen molar-refractivity contribution in [3.8, 4) is 0 Å². The zero-order valence-electron chi connectivity index (χ0n) is 12.1. The number of imidazole rings is 1. The number of carbonyl (C=O) groups excluding carboxylic acids is 1. The van der Waals surface area contributed by atoms with E-state index in [1.807, 2.05) is 0 Å². The molecule has 0 aliphatic rings. The van der Waals surface area contributed by atoms with Gasteiger partial charge < -0.3 is 5.32 Å². The zero-order valence-corrected chi connectivity index (χ0v) is 12.9. The van der Waals surface area contributed by atoms with E-state index in [0.29, 0.717) is 4.57 Å². The third-order valence-electron chi connectivity index (χ3n) is 2.99. The van der Waals surface area contributed by atoms with Crippen LogP contribution in [0.15, 0.2) is 30.6 Å². The van der Waals surface area contributed by atoms with Crippen LogP contribution in [0.1, 0.15) is 12.4 Å². The summed E-state index contributed by atoms with van der Waals surface area (Å²) in [6.45, 7) is -2.78. The van der Waals surface area contributed by atoms with Crippen molar-refractivity contribution < 1.29 is 18.0 Å². The molecule has 1 heterocycles. The first-order valence-corrected chi connectivity index (χ1v) is 6.98. The summed E-state index contributed by atoms with van der Waals surface area (Å²) in [4.78, 5) is 17.2. The molecule has 1 amide bonds. The maximum atomic E-state index is 13.5. The summed E-state index contributed by atoms with van der Waals surface area (Å²) in [7, 11) is 1.57. The van der Waals surface area contributed by atoms with E-state index >= 15 is 0 Å². The number of aromatic nitrogens is 2. The smallest absolute Gasteiger partial charge is 0.319 e. The molecular weight excluding hydrogens is 333 g/mol. The molecule has 0 saturated heterocycles. The van der Waals surface area contributed by atoms with Gasteiger partial charge in [0.05, 0.1) is 18.8 Å². The lowest BCUT2D eigenvalue weighted by atomic mass is 10.3. The number of hydrogen-bond acceptors (Lipinski definition) is 3. The molecular formula is C14H14ClF3N4O. The van der Waals surface area contributed by atoms with Gasteiger partial charge in [-0.15, -0.1) is 0 Å². The van der Waals surface area contributed by atoms with Gasteiger partial charge in [-0.25, -0.2) is 9.37 Å². The van der Waals surface area contributed by atoms with Crippen molar-refractivity contribution in [2.45, 2.75) is 13.1 Å². The molecule has 0 spiro atoms. The highest BCUT2D eigenvalue weighted by Crippen LogP contribution is 2.19. The Morgan fingerprint density at radius 1 is 1.48 bits per heavy atom. The van der Waals surface area contributed by atoms with Crippen molar-refractivity contribution >= 4 is 23.2 Å². The van der Waals surface area contributed by atoms with Gasteiger partial charge in [0.2, 0.25) is 5.91 Å². The summed E-state index contributed by atoms with van der Waals surface area (Å²) in [5.41, 5.74) is -0.0371. The number of alkyl halides is 2. The van der Waals surface area contributed by atoms with Crippen molar-refractivity contribution in [2.75, 3.05) is 18.9 Å². The Kier molecular flexibility index (Phi) is 5.62. The van der Waals surface area contributed by atoms with Crippen LogP contribution in [0.4, 0.5) is 18.9 Å². The normalized spacial score (nSPS) is 11.3. The third kappa shape index (κ3) is 4.70. The highest BCUT2D eigenvalue weighted by atomic mass is 35.5. The van der Waals surface area contributed by atoms with E-state index in [4.69, 9.17) is 11.6 Å². The van der Waals surface area contributed by atoms with E-state index in [-0.39, 0.29) is 29.6 Å². The minimum atomic E-state index is -2.70. The van der Waals surface area contributed by atoms with Crippen LogP contribution in [-0.2, 0) is 11.3 Å². The van der Waals surface area contributed by atoms with Gasteiger partial charge in [-0.2, -0.15) is 8.78 Å². The Hall–Kier alpha value is -2.06. The first-order chi connectivity index (χ1) is 10.9. The Bertz CT molecular complexity index is 692. The number of hydrogen-bond donors (Lipinski definition) is 1. The Labute approximate surface area is 135 Å². The Balaban J connectivity index is 1.94. The van der Waals surface area contributed by atoms with Crippen LogP contribution in [0, 0.1) is 5.82 Å². The summed E-state index contributed by atoms with van der Waals surface area (Å²) < 4.78 is 39.7. The van der Waals surface area contributed by atoms with Crippen molar-refractivity contribution in [1.29, 1.82) is 0 Å². The quantitative estimate of drug-likeness (QED) is 0.874. The predicted octanol–water partition coefficient (Wildman–Crippen LogP) is 3.14. The summed E-state index contributed by atoms with van der Waals surface area (Å²) in [6.07, 6.45) is 2.42.